The fraction of sp³-hybridized carbons (Fsp3) is 0.407. The number of hydrogen-bond acceptors (Lipinski definition) is 6. The number of anilines is 1. The van der Waals surface area contributed by atoms with Gasteiger partial charge in [0, 0.05) is 32.9 Å². The minimum absolute atomic E-state index is 0.0334. The maximum atomic E-state index is 14.8. The Balaban J connectivity index is 1.74. The second-order valence-corrected chi connectivity index (χ2v) is 11.2. The number of hydrogen-bond donors (Lipinski definition) is 1. The fourth-order valence-corrected chi connectivity index (χ4v) is 5.73. The van der Waals surface area contributed by atoms with Crippen molar-refractivity contribution in [1.82, 2.24) is 24.8 Å². The minimum Gasteiger partial charge on any atom is -0.480 e. The van der Waals surface area contributed by atoms with Gasteiger partial charge < -0.3 is 24.4 Å². The van der Waals surface area contributed by atoms with E-state index < -0.39 is 17.9 Å². The molecule has 12 heteroatoms. The van der Waals surface area contributed by atoms with Crippen molar-refractivity contribution in [3.05, 3.63) is 58.1 Å². The lowest BCUT2D eigenvalue weighted by Gasteiger charge is -2.37. The van der Waals surface area contributed by atoms with Gasteiger partial charge in [0.2, 0.25) is 17.7 Å². The average molecular weight is 575 g/mol. The van der Waals surface area contributed by atoms with Gasteiger partial charge in [-0.15, -0.1) is 11.6 Å². The Bertz CT molecular complexity index is 1460. The van der Waals surface area contributed by atoms with E-state index in [-0.39, 0.29) is 34.7 Å². The first-order chi connectivity index (χ1) is 18.5. The summed E-state index contributed by atoms with van der Waals surface area (Å²) in [5, 5.41) is 2.41. The summed E-state index contributed by atoms with van der Waals surface area (Å²) in [6.45, 7) is 4.29. The van der Waals surface area contributed by atoms with E-state index in [0.717, 1.165) is 0 Å². The summed E-state index contributed by atoms with van der Waals surface area (Å²) in [6, 6.07) is 4.50. The Morgan fingerprint density at radius 1 is 1.21 bits per heavy atom. The molecule has 2 aromatic heterocycles. The molecule has 1 N–H and O–H groups in total. The largest absolute Gasteiger partial charge is 0.480 e. The number of carbonyl (C=O) groups excluding carboxylic acids is 2. The monoisotopic (exact) mass is 574 g/mol. The molecule has 3 unspecified atom stereocenters. The predicted octanol–water partition coefficient (Wildman–Crippen LogP) is 4.43. The molecule has 2 amide bonds. The summed E-state index contributed by atoms with van der Waals surface area (Å²) >= 11 is 12.4. The number of halogens is 3. The Morgan fingerprint density at radius 3 is 2.59 bits per heavy atom. The topological polar surface area (TPSA) is 92.6 Å². The molecule has 4 heterocycles. The number of benzene rings is 1. The van der Waals surface area contributed by atoms with Crippen molar-refractivity contribution in [2.75, 3.05) is 32.6 Å². The number of nitrogens with zero attached hydrogens (tertiary/aromatic N) is 5. The molecular formula is C27H29Cl2FN6O3. The van der Waals surface area contributed by atoms with Crippen molar-refractivity contribution < 1.29 is 18.7 Å². The molecule has 9 nitrogen and oxygen atoms in total. The molecule has 3 atom stereocenters. The first-order valence-corrected chi connectivity index (χ1v) is 13.4. The van der Waals surface area contributed by atoms with E-state index in [2.05, 4.69) is 15.3 Å². The number of ether oxygens (including phenoxy) is 1. The lowest BCUT2D eigenvalue weighted by Crippen LogP contribution is -2.55. The quantitative estimate of drug-likeness (QED) is 0.438. The number of carbonyl (C=O) groups is 2. The van der Waals surface area contributed by atoms with E-state index in [1.54, 1.807) is 23.2 Å². The number of piperidine rings is 1. The molecule has 2 aliphatic heterocycles. The molecule has 0 saturated carbocycles. The maximum Gasteiger partial charge on any atom is 0.257 e. The van der Waals surface area contributed by atoms with Crippen molar-refractivity contribution in [3.8, 4) is 17.1 Å². The highest BCUT2D eigenvalue weighted by molar-refractivity contribution is 6.30. The van der Waals surface area contributed by atoms with Crippen LogP contribution in [0.4, 0.5) is 10.3 Å². The van der Waals surface area contributed by atoms with E-state index in [0.29, 0.717) is 46.5 Å². The van der Waals surface area contributed by atoms with Gasteiger partial charge in [0.05, 0.1) is 46.1 Å². The summed E-state index contributed by atoms with van der Waals surface area (Å²) in [4.78, 5) is 39.4. The Hall–Kier alpha value is -3.37. The van der Waals surface area contributed by atoms with Crippen molar-refractivity contribution in [1.29, 1.82) is 0 Å². The zero-order valence-electron chi connectivity index (χ0n) is 22.2. The third-order valence-electron chi connectivity index (χ3n) is 7.08. The molecule has 0 bridgehead atoms. The summed E-state index contributed by atoms with van der Waals surface area (Å²) in [6.07, 6.45) is 1.94. The average Bonchev–Trinajstić information content (AvgIpc) is 3.41. The number of alkyl halides is 1. The highest BCUT2D eigenvalue weighted by Crippen LogP contribution is 2.47. The number of aromatic nitrogens is 3. The molecule has 206 valence electrons. The van der Waals surface area contributed by atoms with Crippen LogP contribution in [0, 0.1) is 5.82 Å². The van der Waals surface area contributed by atoms with Gasteiger partial charge >= 0.3 is 0 Å². The standard InChI is InChI=1S/C27H29Cl2FN6O3/c1-13(2)35-20(17-12-32-27(34(3)4)33-25(17)39-5)10-16-23(35)22(14-6-7-18(29)19(30)8-14)36(26(16)38)21-9-15(28)11-31-24(21)37/h6-8,10,12-13,15,21-22H,9,11H2,1-5H3,(H,31,37). The van der Waals surface area contributed by atoms with Gasteiger partial charge in [-0.25, -0.2) is 9.37 Å². The van der Waals surface area contributed by atoms with Crippen LogP contribution in [0.3, 0.4) is 0 Å². The highest BCUT2D eigenvalue weighted by Gasteiger charge is 2.48. The van der Waals surface area contributed by atoms with E-state index in [1.165, 1.54) is 24.1 Å². The predicted molar refractivity (Wildman–Crippen MR) is 147 cm³/mol. The van der Waals surface area contributed by atoms with Crippen LogP contribution >= 0.6 is 23.2 Å². The van der Waals surface area contributed by atoms with Gasteiger partial charge in [0.1, 0.15) is 11.9 Å². The minimum atomic E-state index is -0.828. The number of nitrogens with one attached hydrogen (secondary N) is 1. The van der Waals surface area contributed by atoms with Crippen LogP contribution in [0.25, 0.3) is 11.3 Å². The molecule has 1 saturated heterocycles. The summed E-state index contributed by atoms with van der Waals surface area (Å²) in [7, 11) is 5.18. The Kier molecular flexibility index (Phi) is 7.19. The van der Waals surface area contributed by atoms with Crippen LogP contribution in [0.2, 0.25) is 5.02 Å². The van der Waals surface area contributed by atoms with Gasteiger partial charge in [0.25, 0.3) is 5.91 Å². The second-order valence-electron chi connectivity index (χ2n) is 10.2. The summed E-state index contributed by atoms with van der Waals surface area (Å²) in [5.41, 5.74) is 2.80. The van der Waals surface area contributed by atoms with Crippen molar-refractivity contribution in [2.24, 2.45) is 0 Å². The van der Waals surface area contributed by atoms with E-state index in [9.17, 15) is 14.0 Å². The van der Waals surface area contributed by atoms with Gasteiger partial charge in [-0.05, 0) is 44.0 Å². The van der Waals surface area contributed by atoms with E-state index in [4.69, 9.17) is 27.9 Å². The molecule has 5 rings (SSSR count). The van der Waals surface area contributed by atoms with E-state index >= 15 is 0 Å². The molecular weight excluding hydrogens is 546 g/mol. The molecule has 0 radical (unpaired) electrons. The normalized spacial score (nSPS) is 20.8. The van der Waals surface area contributed by atoms with Crippen LogP contribution in [-0.2, 0) is 4.79 Å². The van der Waals surface area contributed by atoms with Crippen LogP contribution in [0.1, 0.15) is 54.0 Å². The third-order valence-corrected chi connectivity index (χ3v) is 7.72. The van der Waals surface area contributed by atoms with Crippen LogP contribution < -0.4 is 15.0 Å². The third kappa shape index (κ3) is 4.59. The Morgan fingerprint density at radius 2 is 1.95 bits per heavy atom. The fourth-order valence-electron chi connectivity index (χ4n) is 5.37. The number of methoxy groups -OCH3 is 1. The molecule has 0 aliphatic carbocycles. The van der Waals surface area contributed by atoms with E-state index in [1.807, 2.05) is 32.5 Å². The molecule has 1 aromatic carbocycles. The first kappa shape index (κ1) is 27.2. The van der Waals surface area contributed by atoms with Crippen molar-refractivity contribution in [3.63, 3.8) is 0 Å². The molecule has 1 fully saturated rings. The molecule has 0 spiro atoms. The molecule has 3 aromatic rings. The maximum absolute atomic E-state index is 14.8. The van der Waals surface area contributed by atoms with Crippen molar-refractivity contribution >= 4 is 41.0 Å². The SMILES string of the molecule is COc1nc(N(C)C)ncc1-c1cc2c(n1C(C)C)C(c1ccc(Cl)c(F)c1)N(C1CC(Cl)CNC1=O)C2=O. The molecule has 39 heavy (non-hydrogen) atoms. The zero-order chi connectivity index (χ0) is 28.2. The van der Waals surface area contributed by atoms with Gasteiger partial charge in [-0.2, -0.15) is 4.98 Å². The van der Waals surface area contributed by atoms with Gasteiger partial charge in [-0.1, -0.05) is 17.7 Å². The Labute approximate surface area is 235 Å². The lowest BCUT2D eigenvalue weighted by atomic mass is 9.98. The lowest BCUT2D eigenvalue weighted by molar-refractivity contribution is -0.127. The smallest absolute Gasteiger partial charge is 0.257 e. The zero-order valence-corrected chi connectivity index (χ0v) is 23.7. The number of amides is 2. The first-order valence-electron chi connectivity index (χ1n) is 12.6. The van der Waals surface area contributed by atoms with Crippen LogP contribution in [-0.4, -0.2) is 70.4 Å². The number of fused-ring (bicyclic) bond motifs is 1. The van der Waals surface area contributed by atoms with Gasteiger partial charge in [0.15, 0.2) is 0 Å². The second kappa shape index (κ2) is 10.3. The molecule has 2 aliphatic rings. The van der Waals surface area contributed by atoms with Crippen LogP contribution in [0.5, 0.6) is 5.88 Å². The number of rotatable bonds is 6. The summed E-state index contributed by atoms with van der Waals surface area (Å²) < 4.78 is 22.4. The van der Waals surface area contributed by atoms with Crippen molar-refractivity contribution in [2.45, 2.75) is 43.8 Å². The van der Waals surface area contributed by atoms with Gasteiger partial charge in [-0.3, -0.25) is 9.59 Å². The van der Waals surface area contributed by atoms with Crippen LogP contribution in [0.15, 0.2) is 30.5 Å². The summed E-state index contributed by atoms with van der Waals surface area (Å²) in [5.74, 6) is -0.434. The highest BCUT2D eigenvalue weighted by atomic mass is 35.5.